The zero-order valence-corrected chi connectivity index (χ0v) is 15.0. The monoisotopic (exact) mass is 371 g/mol. The number of carbonyl (C=O) groups excluding carboxylic acids is 1. The first kappa shape index (κ1) is 19.0. The lowest BCUT2D eigenvalue weighted by atomic mass is 10.3. The maximum absolute atomic E-state index is 12.5. The van der Waals surface area contributed by atoms with E-state index in [4.69, 9.17) is 4.74 Å². The topological polar surface area (TPSA) is 108 Å². The molecule has 2 N–H and O–H groups in total. The van der Waals surface area contributed by atoms with E-state index in [1.807, 2.05) is 0 Å². The van der Waals surface area contributed by atoms with E-state index in [0.717, 1.165) is 6.20 Å². The number of amides is 1. The third kappa shape index (κ3) is 4.62. The molecule has 8 heteroatoms. The maximum Gasteiger partial charge on any atom is 0.221 e. The number of nitrogens with one attached hydrogen (secondary N) is 2. The fraction of sp³-hybridized carbons (Fsp3) is 0.111. The fourth-order valence-corrected chi connectivity index (χ4v) is 3.14. The van der Waals surface area contributed by atoms with Crippen molar-refractivity contribution in [3.8, 4) is 11.8 Å². The van der Waals surface area contributed by atoms with Gasteiger partial charge in [0.2, 0.25) is 15.7 Å². The molecule has 0 aliphatic carbocycles. The summed E-state index contributed by atoms with van der Waals surface area (Å²) in [6.45, 7) is 1.40. The van der Waals surface area contributed by atoms with Gasteiger partial charge in [-0.2, -0.15) is 5.26 Å². The normalized spacial score (nSPS) is 11.3. The third-order valence-electron chi connectivity index (χ3n) is 3.34. The zero-order chi connectivity index (χ0) is 19.2. The highest BCUT2D eigenvalue weighted by Gasteiger charge is 2.20. The molecule has 2 rings (SSSR count). The van der Waals surface area contributed by atoms with Gasteiger partial charge in [0.1, 0.15) is 11.8 Å². The molecule has 0 atom stereocenters. The van der Waals surface area contributed by atoms with Crippen molar-refractivity contribution in [2.24, 2.45) is 0 Å². The Hall–Kier alpha value is -3.31. The standard InChI is InChI=1S/C18H17N3O4S/c1-13(22)21-15-5-3-14(4-6-15)20-12-18(11-19)26(23,24)17-9-7-16(25-2)8-10-17/h3-10,12,20H,1-2H3,(H,21,22)/b18-12+. The highest BCUT2D eigenvalue weighted by atomic mass is 32.2. The molecule has 2 aromatic carbocycles. The van der Waals surface area contributed by atoms with Crippen molar-refractivity contribution in [3.63, 3.8) is 0 Å². The van der Waals surface area contributed by atoms with Crippen molar-refractivity contribution >= 4 is 27.1 Å². The van der Waals surface area contributed by atoms with Crippen LogP contribution in [0.4, 0.5) is 11.4 Å². The molecule has 134 valence electrons. The number of nitriles is 1. The Balaban J connectivity index is 2.20. The first-order valence-electron chi connectivity index (χ1n) is 7.50. The Bertz CT molecular complexity index is 957. The lowest BCUT2D eigenvalue weighted by Crippen LogP contribution is -2.06. The Kier molecular flexibility index (Phi) is 5.98. The fourth-order valence-electron chi connectivity index (χ4n) is 2.05. The van der Waals surface area contributed by atoms with Crippen LogP contribution < -0.4 is 15.4 Å². The molecule has 0 aliphatic rings. The average Bonchev–Trinajstić information content (AvgIpc) is 2.63. The second-order valence-corrected chi connectivity index (χ2v) is 7.12. The SMILES string of the molecule is COc1ccc(S(=O)(=O)/C(C#N)=C/Nc2ccc(NC(C)=O)cc2)cc1. The Morgan fingerprint density at radius 3 is 2.15 bits per heavy atom. The predicted octanol–water partition coefficient (Wildman–Crippen LogP) is 2.90. The van der Waals surface area contributed by atoms with Gasteiger partial charge in [-0.1, -0.05) is 0 Å². The number of benzene rings is 2. The van der Waals surface area contributed by atoms with E-state index in [1.165, 1.54) is 38.3 Å². The van der Waals surface area contributed by atoms with E-state index in [0.29, 0.717) is 17.1 Å². The highest BCUT2D eigenvalue weighted by molar-refractivity contribution is 7.95. The van der Waals surface area contributed by atoms with Gasteiger partial charge in [-0.15, -0.1) is 0 Å². The number of carbonyl (C=O) groups is 1. The molecule has 0 fully saturated rings. The van der Waals surface area contributed by atoms with Gasteiger partial charge in [-0.05, 0) is 48.5 Å². The third-order valence-corrected chi connectivity index (χ3v) is 5.03. The summed E-state index contributed by atoms with van der Waals surface area (Å²) in [5, 5.41) is 14.6. The van der Waals surface area contributed by atoms with Crippen molar-refractivity contribution in [3.05, 3.63) is 59.6 Å². The molecule has 0 heterocycles. The van der Waals surface area contributed by atoms with Crippen LogP contribution >= 0.6 is 0 Å². The van der Waals surface area contributed by atoms with Gasteiger partial charge >= 0.3 is 0 Å². The van der Waals surface area contributed by atoms with Crippen LogP contribution in [0.1, 0.15) is 6.92 Å². The summed E-state index contributed by atoms with van der Waals surface area (Å²) in [7, 11) is -2.47. The molecular formula is C18H17N3O4S. The van der Waals surface area contributed by atoms with Crippen LogP contribution in [-0.4, -0.2) is 21.4 Å². The number of allylic oxidation sites excluding steroid dienone is 1. The summed E-state index contributed by atoms with van der Waals surface area (Å²) in [5.41, 5.74) is 1.18. The molecule has 0 aliphatic heterocycles. The summed E-state index contributed by atoms with van der Waals surface area (Å²) < 4.78 is 30.1. The summed E-state index contributed by atoms with van der Waals surface area (Å²) in [5.74, 6) is 0.326. The van der Waals surface area contributed by atoms with Gasteiger partial charge in [0.15, 0.2) is 4.91 Å². The molecule has 1 amide bonds. The molecular weight excluding hydrogens is 354 g/mol. The Labute approximate surface area is 151 Å². The van der Waals surface area contributed by atoms with Gasteiger partial charge in [0.25, 0.3) is 0 Å². The van der Waals surface area contributed by atoms with Gasteiger partial charge in [-0.25, -0.2) is 8.42 Å². The van der Waals surface area contributed by atoms with E-state index >= 15 is 0 Å². The van der Waals surface area contributed by atoms with Crippen LogP contribution in [0.15, 0.2) is 64.5 Å². The number of nitrogens with zero attached hydrogens (tertiary/aromatic N) is 1. The van der Waals surface area contributed by atoms with Gasteiger partial charge in [-0.3, -0.25) is 4.79 Å². The highest BCUT2D eigenvalue weighted by Crippen LogP contribution is 2.22. The van der Waals surface area contributed by atoms with Crippen molar-refractivity contribution in [1.82, 2.24) is 0 Å². The van der Waals surface area contributed by atoms with Crippen LogP contribution in [0, 0.1) is 11.3 Å². The lowest BCUT2D eigenvalue weighted by molar-refractivity contribution is -0.114. The van der Waals surface area contributed by atoms with Gasteiger partial charge in [0, 0.05) is 24.5 Å². The van der Waals surface area contributed by atoms with Gasteiger partial charge < -0.3 is 15.4 Å². The number of methoxy groups -OCH3 is 1. The van der Waals surface area contributed by atoms with E-state index in [-0.39, 0.29) is 10.8 Å². The Morgan fingerprint density at radius 1 is 1.08 bits per heavy atom. The van der Waals surface area contributed by atoms with Crippen LogP contribution in [0.25, 0.3) is 0 Å². The molecule has 2 aromatic rings. The maximum atomic E-state index is 12.5. The number of rotatable bonds is 6. The zero-order valence-electron chi connectivity index (χ0n) is 14.2. The van der Waals surface area contributed by atoms with Crippen molar-refractivity contribution in [1.29, 1.82) is 5.26 Å². The lowest BCUT2D eigenvalue weighted by Gasteiger charge is -2.07. The minimum Gasteiger partial charge on any atom is -0.497 e. The molecule has 0 aromatic heterocycles. The second kappa shape index (κ2) is 8.18. The number of ether oxygens (including phenoxy) is 1. The molecule has 0 bridgehead atoms. The predicted molar refractivity (Wildman–Crippen MR) is 98.2 cm³/mol. The molecule has 0 saturated carbocycles. The van der Waals surface area contributed by atoms with Crippen LogP contribution in [0.3, 0.4) is 0 Å². The summed E-state index contributed by atoms with van der Waals surface area (Å²) in [6.07, 6.45) is 1.13. The molecule has 26 heavy (non-hydrogen) atoms. The van der Waals surface area contributed by atoms with E-state index in [2.05, 4.69) is 10.6 Å². The van der Waals surface area contributed by atoms with Crippen LogP contribution in [-0.2, 0) is 14.6 Å². The van der Waals surface area contributed by atoms with E-state index < -0.39 is 14.7 Å². The molecule has 7 nitrogen and oxygen atoms in total. The molecule has 0 saturated heterocycles. The van der Waals surface area contributed by atoms with E-state index in [9.17, 15) is 18.5 Å². The average molecular weight is 371 g/mol. The largest absolute Gasteiger partial charge is 0.497 e. The van der Waals surface area contributed by atoms with E-state index in [1.54, 1.807) is 30.3 Å². The molecule has 0 unspecified atom stereocenters. The smallest absolute Gasteiger partial charge is 0.221 e. The number of hydrogen-bond acceptors (Lipinski definition) is 6. The van der Waals surface area contributed by atoms with Crippen molar-refractivity contribution < 1.29 is 17.9 Å². The van der Waals surface area contributed by atoms with Crippen molar-refractivity contribution in [2.45, 2.75) is 11.8 Å². The minimum atomic E-state index is -3.95. The van der Waals surface area contributed by atoms with Crippen LogP contribution in [0.2, 0.25) is 0 Å². The van der Waals surface area contributed by atoms with Gasteiger partial charge in [0.05, 0.1) is 12.0 Å². The number of hydrogen-bond donors (Lipinski definition) is 2. The summed E-state index contributed by atoms with van der Waals surface area (Å²) in [6, 6.07) is 14.1. The minimum absolute atomic E-state index is 0.00564. The van der Waals surface area contributed by atoms with Crippen molar-refractivity contribution in [2.75, 3.05) is 17.7 Å². The first-order valence-corrected chi connectivity index (χ1v) is 8.98. The molecule has 0 spiro atoms. The number of sulfone groups is 1. The summed E-state index contributed by atoms with van der Waals surface area (Å²) in [4.78, 5) is 10.6. The van der Waals surface area contributed by atoms with Crippen LogP contribution in [0.5, 0.6) is 5.75 Å². The second-order valence-electron chi connectivity index (χ2n) is 5.20. The number of anilines is 2. The summed E-state index contributed by atoms with van der Waals surface area (Å²) >= 11 is 0. The quantitative estimate of drug-likeness (QED) is 0.756. The molecule has 0 radical (unpaired) electrons. The Morgan fingerprint density at radius 2 is 1.65 bits per heavy atom. The first-order chi connectivity index (χ1) is 12.4.